The zero-order valence-corrected chi connectivity index (χ0v) is 13.8. The van der Waals surface area contributed by atoms with Crippen LogP contribution in [0.2, 0.25) is 10.0 Å². The molecule has 0 spiro atoms. The van der Waals surface area contributed by atoms with Crippen molar-refractivity contribution >= 4 is 50.7 Å². The van der Waals surface area contributed by atoms with Gasteiger partial charge in [-0.1, -0.05) is 39.1 Å². The molecule has 0 bridgehead atoms. The van der Waals surface area contributed by atoms with Crippen molar-refractivity contribution in [1.82, 2.24) is 5.32 Å². The summed E-state index contributed by atoms with van der Waals surface area (Å²) in [6.07, 6.45) is 1.98. The number of hydrogen-bond donors (Lipinski definition) is 2. The van der Waals surface area contributed by atoms with Crippen LogP contribution >= 0.6 is 39.1 Å². The first-order valence-corrected chi connectivity index (χ1v) is 7.88. The molecule has 7 heteroatoms. The Morgan fingerprint density at radius 1 is 1.35 bits per heavy atom. The molecule has 110 valence electrons. The fourth-order valence-corrected chi connectivity index (χ4v) is 3.30. The van der Waals surface area contributed by atoms with Crippen LogP contribution < -0.4 is 10.6 Å². The monoisotopic (exact) mass is 380 g/mol. The third kappa shape index (κ3) is 4.60. The Labute approximate surface area is 136 Å². The minimum absolute atomic E-state index is 0.00733. The zero-order chi connectivity index (χ0) is 14.5. The Morgan fingerprint density at radius 2 is 1.95 bits per heavy atom. The van der Waals surface area contributed by atoms with Gasteiger partial charge in [-0.25, -0.2) is 0 Å². The maximum Gasteiger partial charge on any atom is 0.250 e. The van der Waals surface area contributed by atoms with Crippen molar-refractivity contribution in [3.05, 3.63) is 26.7 Å². The Hall–Kier alpha value is -0.330. The van der Waals surface area contributed by atoms with Crippen LogP contribution in [-0.2, 0) is 9.53 Å². The molecule has 1 aromatic rings. The molecule has 1 saturated heterocycles. The summed E-state index contributed by atoms with van der Waals surface area (Å²) >= 11 is 15.4. The number of carbonyl (C=O) groups excluding carboxylic acids is 1. The normalized spacial score (nSPS) is 16.1. The number of rotatable bonds is 4. The highest BCUT2D eigenvalue weighted by atomic mass is 79.9. The van der Waals surface area contributed by atoms with Gasteiger partial charge in [-0.2, -0.15) is 0 Å². The maximum atomic E-state index is 11.9. The summed E-state index contributed by atoms with van der Waals surface area (Å²) in [5, 5.41) is 6.70. The molecule has 20 heavy (non-hydrogen) atoms. The van der Waals surface area contributed by atoms with Crippen molar-refractivity contribution in [1.29, 1.82) is 0 Å². The first-order chi connectivity index (χ1) is 9.56. The molecule has 1 amide bonds. The molecule has 1 aliphatic rings. The van der Waals surface area contributed by atoms with Gasteiger partial charge in [-0.3, -0.25) is 4.79 Å². The fraction of sp³-hybridized carbons (Fsp3) is 0.462. The molecule has 0 saturated carbocycles. The second-order valence-electron chi connectivity index (χ2n) is 4.55. The maximum absolute atomic E-state index is 11.9. The van der Waals surface area contributed by atoms with E-state index in [4.69, 9.17) is 27.9 Å². The highest BCUT2D eigenvalue weighted by molar-refractivity contribution is 9.10. The van der Waals surface area contributed by atoms with Gasteiger partial charge in [-0.15, -0.1) is 0 Å². The molecule has 0 radical (unpaired) electrons. The lowest BCUT2D eigenvalue weighted by Gasteiger charge is -2.22. The molecule has 0 atom stereocenters. The third-order valence-electron chi connectivity index (χ3n) is 3.01. The Balaban J connectivity index is 1.88. The van der Waals surface area contributed by atoms with E-state index < -0.39 is 0 Å². The van der Waals surface area contributed by atoms with Crippen molar-refractivity contribution in [2.24, 2.45) is 0 Å². The van der Waals surface area contributed by atoms with E-state index in [0.717, 1.165) is 30.4 Å². The van der Waals surface area contributed by atoms with Gasteiger partial charge in [0.2, 0.25) is 5.91 Å². The van der Waals surface area contributed by atoms with Gasteiger partial charge in [0, 0.05) is 4.47 Å². The van der Waals surface area contributed by atoms with E-state index in [0.29, 0.717) is 15.7 Å². The van der Waals surface area contributed by atoms with Crippen molar-refractivity contribution < 1.29 is 9.53 Å². The Kier molecular flexibility index (Phi) is 6.11. The summed E-state index contributed by atoms with van der Waals surface area (Å²) in [4.78, 5) is 11.9. The molecular weight excluding hydrogens is 367 g/mol. The fourth-order valence-electron chi connectivity index (χ4n) is 1.99. The van der Waals surface area contributed by atoms with E-state index in [1.54, 1.807) is 12.1 Å². The molecule has 2 N–H and O–H groups in total. The summed E-state index contributed by atoms with van der Waals surface area (Å²) in [6, 6.07) is 3.35. The summed E-state index contributed by atoms with van der Waals surface area (Å²) in [6.45, 7) is 1.86. The van der Waals surface area contributed by atoms with Crippen molar-refractivity contribution in [2.45, 2.75) is 18.9 Å². The van der Waals surface area contributed by atoms with E-state index in [9.17, 15) is 4.79 Å². The van der Waals surface area contributed by atoms with Crippen LogP contribution in [0.15, 0.2) is 16.6 Å². The molecular formula is C13H15BrCl2N2O2. The minimum atomic E-state index is -0.255. The smallest absolute Gasteiger partial charge is 0.250 e. The summed E-state index contributed by atoms with van der Waals surface area (Å²) < 4.78 is 6.33. The quantitative estimate of drug-likeness (QED) is 0.839. The first kappa shape index (κ1) is 16.0. The molecule has 4 nitrogen and oxygen atoms in total. The first-order valence-electron chi connectivity index (χ1n) is 6.33. The number of carbonyl (C=O) groups is 1. The predicted molar refractivity (Wildman–Crippen MR) is 84.6 cm³/mol. The predicted octanol–water partition coefficient (Wildman–Crippen LogP) is 3.46. The van der Waals surface area contributed by atoms with Gasteiger partial charge < -0.3 is 15.4 Å². The lowest BCUT2D eigenvalue weighted by molar-refractivity contribution is -0.123. The second-order valence-corrected chi connectivity index (χ2v) is 6.28. The number of halogens is 3. The lowest BCUT2D eigenvalue weighted by Crippen LogP contribution is -2.34. The van der Waals surface area contributed by atoms with Gasteiger partial charge >= 0.3 is 0 Å². The van der Waals surface area contributed by atoms with Gasteiger partial charge in [0.05, 0.1) is 21.8 Å². The number of hydrogen-bond acceptors (Lipinski definition) is 3. The van der Waals surface area contributed by atoms with E-state index >= 15 is 0 Å². The average Bonchev–Trinajstić information content (AvgIpc) is 2.42. The Morgan fingerprint density at radius 3 is 2.55 bits per heavy atom. The lowest BCUT2D eigenvalue weighted by atomic mass is 10.1. The SMILES string of the molecule is O=C(COC1CCNCC1)Nc1c(Cl)cc(Br)cc1Cl. The number of nitrogens with one attached hydrogen (secondary N) is 2. The molecule has 2 rings (SSSR count). The number of amides is 1. The van der Waals surface area contributed by atoms with Crippen molar-refractivity contribution in [3.8, 4) is 0 Å². The van der Waals surface area contributed by atoms with E-state index in [1.807, 2.05) is 0 Å². The number of piperidine rings is 1. The summed E-state index contributed by atoms with van der Waals surface area (Å²) in [5.41, 5.74) is 0.412. The molecule has 0 unspecified atom stereocenters. The van der Waals surface area contributed by atoms with Crippen LogP contribution in [0.4, 0.5) is 5.69 Å². The minimum Gasteiger partial charge on any atom is -0.368 e. The molecule has 1 heterocycles. The zero-order valence-electron chi connectivity index (χ0n) is 10.7. The van der Waals surface area contributed by atoms with Crippen LogP contribution in [-0.4, -0.2) is 31.7 Å². The van der Waals surface area contributed by atoms with Gasteiger partial charge in [0.15, 0.2) is 0 Å². The largest absolute Gasteiger partial charge is 0.368 e. The molecule has 1 aromatic carbocycles. The van der Waals surface area contributed by atoms with Crippen molar-refractivity contribution in [2.75, 3.05) is 25.0 Å². The molecule has 1 fully saturated rings. The molecule has 0 aliphatic carbocycles. The molecule has 1 aliphatic heterocycles. The van der Waals surface area contributed by atoms with Crippen LogP contribution in [0, 0.1) is 0 Å². The number of ether oxygens (including phenoxy) is 1. The Bertz CT molecular complexity index is 470. The van der Waals surface area contributed by atoms with Crippen LogP contribution in [0.3, 0.4) is 0 Å². The van der Waals surface area contributed by atoms with Gasteiger partial charge in [0.1, 0.15) is 6.61 Å². The van der Waals surface area contributed by atoms with Crippen LogP contribution in [0.25, 0.3) is 0 Å². The third-order valence-corrected chi connectivity index (χ3v) is 4.06. The highest BCUT2D eigenvalue weighted by Gasteiger charge is 2.16. The number of benzene rings is 1. The molecule has 0 aromatic heterocycles. The van der Waals surface area contributed by atoms with E-state index in [-0.39, 0.29) is 18.6 Å². The second kappa shape index (κ2) is 7.61. The average molecular weight is 382 g/mol. The van der Waals surface area contributed by atoms with Gasteiger partial charge in [-0.05, 0) is 38.1 Å². The van der Waals surface area contributed by atoms with Gasteiger partial charge in [0.25, 0.3) is 0 Å². The van der Waals surface area contributed by atoms with E-state index in [1.165, 1.54) is 0 Å². The summed E-state index contributed by atoms with van der Waals surface area (Å²) in [7, 11) is 0. The standard InChI is InChI=1S/C13H15BrCl2N2O2/c14-8-5-10(15)13(11(16)6-8)18-12(19)7-20-9-1-3-17-4-2-9/h5-6,9,17H,1-4,7H2,(H,18,19). The van der Waals surface area contributed by atoms with Crippen LogP contribution in [0.5, 0.6) is 0 Å². The highest BCUT2D eigenvalue weighted by Crippen LogP contribution is 2.33. The van der Waals surface area contributed by atoms with Crippen LogP contribution in [0.1, 0.15) is 12.8 Å². The van der Waals surface area contributed by atoms with E-state index in [2.05, 4.69) is 26.6 Å². The topological polar surface area (TPSA) is 50.4 Å². The van der Waals surface area contributed by atoms with Crippen molar-refractivity contribution in [3.63, 3.8) is 0 Å². The number of anilines is 1. The summed E-state index contributed by atoms with van der Waals surface area (Å²) in [5.74, 6) is -0.255.